The number of hydrogen-bond acceptors (Lipinski definition) is 4. The van der Waals surface area contributed by atoms with Gasteiger partial charge in [0, 0.05) is 7.05 Å². The predicted molar refractivity (Wildman–Crippen MR) is 59.9 cm³/mol. The average molecular weight is 260 g/mol. The van der Waals surface area contributed by atoms with Gasteiger partial charge in [0.25, 0.3) is 0 Å². The van der Waals surface area contributed by atoms with Crippen LogP contribution in [0.5, 0.6) is 0 Å². The lowest BCUT2D eigenvalue weighted by Crippen LogP contribution is -2.07. The molecule has 2 aromatic heterocycles. The van der Waals surface area contributed by atoms with Crippen LogP contribution in [0.3, 0.4) is 0 Å². The zero-order chi connectivity index (χ0) is 11.9. The van der Waals surface area contributed by atoms with Gasteiger partial charge in [-0.2, -0.15) is 4.98 Å². The third-order valence-corrected chi connectivity index (χ3v) is 2.66. The van der Waals surface area contributed by atoms with E-state index in [1.54, 1.807) is 17.7 Å². The van der Waals surface area contributed by atoms with E-state index in [4.69, 9.17) is 23.2 Å². The van der Waals surface area contributed by atoms with Crippen LogP contribution in [-0.4, -0.2) is 27.6 Å². The summed E-state index contributed by atoms with van der Waals surface area (Å²) in [7, 11) is 2.98. The highest BCUT2D eigenvalue weighted by atomic mass is 35.5. The van der Waals surface area contributed by atoms with Crippen LogP contribution in [-0.2, 0) is 11.8 Å². The van der Waals surface area contributed by atoms with Crippen molar-refractivity contribution in [3.05, 3.63) is 22.2 Å². The maximum atomic E-state index is 11.4. The number of halogens is 2. The predicted octanol–water partition coefficient (Wildman–Crippen LogP) is 2.06. The second kappa shape index (κ2) is 3.92. The quantitative estimate of drug-likeness (QED) is 0.447. The van der Waals surface area contributed by atoms with Crippen molar-refractivity contribution >= 4 is 40.2 Å². The minimum absolute atomic E-state index is 0.0371. The molecule has 0 bridgehead atoms. The molecule has 2 heterocycles. The molecule has 0 saturated heterocycles. The summed E-state index contributed by atoms with van der Waals surface area (Å²) in [5.74, 6) is -0.465. The van der Waals surface area contributed by atoms with Gasteiger partial charge in [0.2, 0.25) is 5.28 Å². The summed E-state index contributed by atoms with van der Waals surface area (Å²) in [6.45, 7) is 0. The Morgan fingerprint density at radius 3 is 2.75 bits per heavy atom. The number of nitrogens with zero attached hydrogens (tertiary/aromatic N) is 3. The highest BCUT2D eigenvalue weighted by Crippen LogP contribution is 2.25. The Kier molecular flexibility index (Phi) is 2.73. The van der Waals surface area contributed by atoms with Gasteiger partial charge in [0.05, 0.1) is 12.5 Å². The van der Waals surface area contributed by atoms with Gasteiger partial charge >= 0.3 is 5.97 Å². The van der Waals surface area contributed by atoms with E-state index in [0.29, 0.717) is 16.7 Å². The van der Waals surface area contributed by atoms with Gasteiger partial charge in [-0.3, -0.25) is 0 Å². The van der Waals surface area contributed by atoms with Crippen molar-refractivity contribution in [1.82, 2.24) is 14.5 Å². The minimum atomic E-state index is -0.465. The maximum absolute atomic E-state index is 11.4. The van der Waals surface area contributed by atoms with Crippen LogP contribution in [0.4, 0.5) is 0 Å². The number of esters is 1. The van der Waals surface area contributed by atoms with Crippen LogP contribution < -0.4 is 0 Å². The molecule has 0 fully saturated rings. The summed E-state index contributed by atoms with van der Waals surface area (Å²) in [5.41, 5.74) is 0.835. The van der Waals surface area contributed by atoms with Crippen LogP contribution in [0.1, 0.15) is 10.5 Å². The Labute approximate surface area is 101 Å². The fourth-order valence-corrected chi connectivity index (χ4v) is 1.86. The molecule has 0 radical (unpaired) electrons. The Bertz CT molecular complexity index is 580. The Morgan fingerprint density at radius 2 is 2.12 bits per heavy atom. The summed E-state index contributed by atoms with van der Waals surface area (Å²) in [6, 6.07) is 1.57. The lowest BCUT2D eigenvalue weighted by molar-refractivity contribution is 0.0590. The molecular weight excluding hydrogens is 253 g/mol. The number of carbonyl (C=O) groups excluding carboxylic acids is 1. The zero-order valence-electron chi connectivity index (χ0n) is 8.49. The van der Waals surface area contributed by atoms with E-state index < -0.39 is 5.97 Å². The molecule has 7 heteroatoms. The zero-order valence-corrected chi connectivity index (χ0v) is 10.0. The summed E-state index contributed by atoms with van der Waals surface area (Å²) in [4.78, 5) is 19.2. The fourth-order valence-electron chi connectivity index (χ4n) is 1.43. The normalized spacial score (nSPS) is 10.8. The molecule has 0 aromatic carbocycles. The summed E-state index contributed by atoms with van der Waals surface area (Å²) >= 11 is 11.6. The number of aromatic nitrogens is 3. The Hall–Kier alpha value is -1.33. The Morgan fingerprint density at radius 1 is 1.44 bits per heavy atom. The van der Waals surface area contributed by atoms with Crippen molar-refractivity contribution in [2.24, 2.45) is 7.05 Å². The first-order valence-electron chi connectivity index (χ1n) is 4.31. The molecule has 0 aliphatic heterocycles. The highest BCUT2D eigenvalue weighted by molar-refractivity contribution is 6.35. The van der Waals surface area contributed by atoms with Crippen LogP contribution in [0.15, 0.2) is 6.07 Å². The van der Waals surface area contributed by atoms with Crippen molar-refractivity contribution in [1.29, 1.82) is 0 Å². The number of fused-ring (bicyclic) bond motifs is 1. The average Bonchev–Trinajstić information content (AvgIpc) is 2.56. The summed E-state index contributed by atoms with van der Waals surface area (Å²) < 4.78 is 6.19. The highest BCUT2D eigenvalue weighted by Gasteiger charge is 2.17. The van der Waals surface area contributed by atoms with E-state index in [0.717, 1.165) is 0 Å². The number of hydrogen-bond donors (Lipinski definition) is 0. The van der Waals surface area contributed by atoms with Crippen molar-refractivity contribution < 1.29 is 9.53 Å². The van der Waals surface area contributed by atoms with Gasteiger partial charge in [0.15, 0.2) is 0 Å². The molecule has 0 unspecified atom stereocenters. The number of rotatable bonds is 1. The monoisotopic (exact) mass is 259 g/mol. The number of ether oxygens (including phenoxy) is 1. The van der Waals surface area contributed by atoms with Gasteiger partial charge in [-0.15, -0.1) is 0 Å². The lowest BCUT2D eigenvalue weighted by Gasteiger charge is -2.00. The molecule has 16 heavy (non-hydrogen) atoms. The molecule has 0 amide bonds. The topological polar surface area (TPSA) is 57.0 Å². The maximum Gasteiger partial charge on any atom is 0.354 e. The second-order valence-electron chi connectivity index (χ2n) is 3.10. The van der Waals surface area contributed by atoms with Gasteiger partial charge in [-0.05, 0) is 17.7 Å². The summed E-state index contributed by atoms with van der Waals surface area (Å²) in [5, 5.41) is 0.810. The van der Waals surface area contributed by atoms with Gasteiger partial charge in [-0.25, -0.2) is 9.78 Å². The van der Waals surface area contributed by atoms with E-state index in [9.17, 15) is 4.79 Å². The van der Waals surface area contributed by atoms with Crippen molar-refractivity contribution in [3.63, 3.8) is 0 Å². The molecule has 5 nitrogen and oxygen atoms in total. The van der Waals surface area contributed by atoms with E-state index in [1.165, 1.54) is 7.11 Å². The van der Waals surface area contributed by atoms with E-state index in [2.05, 4.69) is 14.7 Å². The first-order chi connectivity index (χ1) is 7.54. The van der Waals surface area contributed by atoms with Crippen molar-refractivity contribution in [3.8, 4) is 0 Å². The number of aryl methyl sites for hydroxylation is 1. The SMILES string of the molecule is COC(=O)c1cc2c(Cl)nc(Cl)nc2n1C. The first-order valence-corrected chi connectivity index (χ1v) is 5.07. The van der Waals surface area contributed by atoms with Crippen molar-refractivity contribution in [2.75, 3.05) is 7.11 Å². The minimum Gasteiger partial charge on any atom is -0.464 e. The van der Waals surface area contributed by atoms with Gasteiger partial charge in [0.1, 0.15) is 16.5 Å². The lowest BCUT2D eigenvalue weighted by atomic mass is 10.3. The third-order valence-electron chi connectivity index (χ3n) is 2.21. The molecule has 0 spiro atoms. The molecule has 2 aromatic rings. The smallest absolute Gasteiger partial charge is 0.354 e. The Balaban J connectivity index is 2.77. The third kappa shape index (κ3) is 1.62. The molecule has 0 aliphatic rings. The van der Waals surface area contributed by atoms with Crippen LogP contribution >= 0.6 is 23.2 Å². The molecule has 0 N–H and O–H groups in total. The molecular formula is C9H7Cl2N3O2. The fraction of sp³-hybridized carbons (Fsp3) is 0.222. The molecule has 2 rings (SSSR count). The molecule has 0 saturated carbocycles. The molecule has 0 atom stereocenters. The van der Waals surface area contributed by atoms with Crippen LogP contribution in [0, 0.1) is 0 Å². The molecule has 84 valence electrons. The van der Waals surface area contributed by atoms with E-state index >= 15 is 0 Å². The van der Waals surface area contributed by atoms with Crippen LogP contribution in [0.25, 0.3) is 11.0 Å². The molecule has 0 aliphatic carbocycles. The number of carbonyl (C=O) groups is 1. The largest absolute Gasteiger partial charge is 0.464 e. The van der Waals surface area contributed by atoms with Crippen molar-refractivity contribution in [2.45, 2.75) is 0 Å². The van der Waals surface area contributed by atoms with Gasteiger partial charge < -0.3 is 9.30 Å². The summed E-state index contributed by atoms with van der Waals surface area (Å²) in [6.07, 6.45) is 0. The first kappa shape index (κ1) is 11.2. The second-order valence-corrected chi connectivity index (χ2v) is 3.80. The standard InChI is InChI=1S/C9H7Cl2N3O2/c1-14-5(8(15)16-2)3-4-6(10)12-9(11)13-7(4)14/h3H,1-2H3. The van der Waals surface area contributed by atoms with Gasteiger partial charge in [-0.1, -0.05) is 11.6 Å². The number of methoxy groups -OCH3 is 1. The van der Waals surface area contributed by atoms with E-state index in [-0.39, 0.29) is 10.4 Å². The van der Waals surface area contributed by atoms with Crippen LogP contribution in [0.2, 0.25) is 10.4 Å². The van der Waals surface area contributed by atoms with E-state index in [1.807, 2.05) is 0 Å².